The molecule has 172 valence electrons. The summed E-state index contributed by atoms with van der Waals surface area (Å²) in [6.07, 6.45) is 0.529. The normalized spacial score (nSPS) is 19.3. The van der Waals surface area contributed by atoms with Crippen molar-refractivity contribution in [2.45, 2.75) is 51.7 Å². The van der Waals surface area contributed by atoms with Gasteiger partial charge in [0.05, 0.1) is 29.1 Å². The number of benzene rings is 2. The highest BCUT2D eigenvalue weighted by atomic mass is 32.2. The molecule has 4 rings (SSSR count). The molecule has 3 aromatic rings. The van der Waals surface area contributed by atoms with Crippen molar-refractivity contribution in [3.05, 3.63) is 59.9 Å². The minimum atomic E-state index is -2.94. The molecule has 1 aliphatic rings. The Morgan fingerprint density at radius 2 is 1.88 bits per heavy atom. The Bertz CT molecular complexity index is 1190. The van der Waals surface area contributed by atoms with Crippen molar-refractivity contribution in [1.29, 1.82) is 0 Å². The van der Waals surface area contributed by atoms with Crippen LogP contribution in [0, 0.1) is 5.92 Å². The van der Waals surface area contributed by atoms with E-state index < -0.39 is 15.9 Å². The number of imidazole rings is 1. The third kappa shape index (κ3) is 5.15. The molecule has 1 N–H and O–H groups in total. The average Bonchev–Trinajstić information content (AvgIpc) is 3.25. The quantitative estimate of drug-likeness (QED) is 0.586. The van der Waals surface area contributed by atoms with E-state index in [1.807, 2.05) is 47.0 Å². The van der Waals surface area contributed by atoms with Crippen LogP contribution in [0.5, 0.6) is 5.75 Å². The standard InChI is InChI=1S/C25H32N2O4S/c1-25(2,3)20-8-4-7-11-23(20)31-16-19(28)15-27-22-10-6-5-9-21(22)26-24(27)14-18-12-13-32(29,30)17-18/h4-11,18-19,28H,12-17H2,1-3H3. The van der Waals surface area contributed by atoms with Crippen LogP contribution in [-0.4, -0.2) is 47.3 Å². The molecule has 0 bridgehead atoms. The largest absolute Gasteiger partial charge is 0.491 e. The molecule has 0 amide bonds. The van der Waals surface area contributed by atoms with Gasteiger partial charge < -0.3 is 14.4 Å². The van der Waals surface area contributed by atoms with E-state index in [9.17, 15) is 13.5 Å². The van der Waals surface area contributed by atoms with Crippen molar-refractivity contribution in [3.8, 4) is 5.75 Å². The lowest BCUT2D eigenvalue weighted by Crippen LogP contribution is -2.26. The molecule has 2 aromatic carbocycles. The van der Waals surface area contributed by atoms with Crippen LogP contribution in [0.1, 0.15) is 38.6 Å². The molecule has 2 atom stereocenters. The number of aliphatic hydroxyl groups is 1. The monoisotopic (exact) mass is 456 g/mol. The fourth-order valence-corrected chi connectivity index (χ4v) is 6.30. The first kappa shape index (κ1) is 22.8. The number of aliphatic hydroxyl groups excluding tert-OH is 1. The van der Waals surface area contributed by atoms with Gasteiger partial charge in [0.2, 0.25) is 0 Å². The number of nitrogens with zero attached hydrogens (tertiary/aromatic N) is 2. The Kier molecular flexibility index (Phi) is 6.32. The van der Waals surface area contributed by atoms with Gasteiger partial charge in [0.1, 0.15) is 24.3 Å². The maximum Gasteiger partial charge on any atom is 0.150 e. The number of aromatic nitrogens is 2. The van der Waals surface area contributed by atoms with Crippen molar-refractivity contribution in [2.24, 2.45) is 5.92 Å². The Morgan fingerprint density at radius 1 is 1.16 bits per heavy atom. The van der Waals surface area contributed by atoms with Gasteiger partial charge in [-0.1, -0.05) is 51.1 Å². The summed E-state index contributed by atoms with van der Waals surface area (Å²) in [5, 5.41) is 10.8. The molecule has 6 nitrogen and oxygen atoms in total. The van der Waals surface area contributed by atoms with E-state index >= 15 is 0 Å². The highest BCUT2D eigenvalue weighted by Crippen LogP contribution is 2.31. The van der Waals surface area contributed by atoms with Gasteiger partial charge in [0.15, 0.2) is 9.84 Å². The zero-order valence-electron chi connectivity index (χ0n) is 19.0. The number of rotatable bonds is 7. The van der Waals surface area contributed by atoms with Crippen LogP contribution in [-0.2, 0) is 28.2 Å². The second-order valence-corrected chi connectivity index (χ2v) is 12.0. The SMILES string of the molecule is CC(C)(C)c1ccccc1OCC(O)Cn1c(CC2CCS(=O)(=O)C2)nc2ccccc21. The molecule has 32 heavy (non-hydrogen) atoms. The molecule has 0 spiro atoms. The van der Waals surface area contributed by atoms with Crippen LogP contribution in [0.4, 0.5) is 0 Å². The first-order chi connectivity index (χ1) is 15.1. The van der Waals surface area contributed by atoms with Crippen molar-refractivity contribution in [2.75, 3.05) is 18.1 Å². The third-order valence-electron chi connectivity index (χ3n) is 6.05. The summed E-state index contributed by atoms with van der Waals surface area (Å²) in [5.41, 5.74) is 2.84. The minimum absolute atomic E-state index is 0.0586. The Labute approximate surface area is 190 Å². The molecule has 2 heterocycles. The Balaban J connectivity index is 1.51. The van der Waals surface area contributed by atoms with Gasteiger partial charge in [-0.3, -0.25) is 0 Å². The minimum Gasteiger partial charge on any atom is -0.491 e. The van der Waals surface area contributed by atoms with Crippen molar-refractivity contribution >= 4 is 20.9 Å². The van der Waals surface area contributed by atoms with Crippen LogP contribution in [0.3, 0.4) is 0 Å². The van der Waals surface area contributed by atoms with E-state index in [4.69, 9.17) is 9.72 Å². The van der Waals surface area contributed by atoms with Crippen molar-refractivity contribution in [3.63, 3.8) is 0 Å². The summed E-state index contributed by atoms with van der Waals surface area (Å²) in [6.45, 7) is 6.92. The van der Waals surface area contributed by atoms with Crippen LogP contribution in [0.2, 0.25) is 0 Å². The number of hydrogen-bond donors (Lipinski definition) is 1. The number of sulfone groups is 1. The first-order valence-electron chi connectivity index (χ1n) is 11.2. The number of hydrogen-bond acceptors (Lipinski definition) is 5. The first-order valence-corrected chi connectivity index (χ1v) is 13.0. The zero-order valence-corrected chi connectivity index (χ0v) is 19.8. The lowest BCUT2D eigenvalue weighted by Gasteiger charge is -2.23. The van der Waals surface area contributed by atoms with E-state index in [2.05, 4.69) is 26.8 Å². The van der Waals surface area contributed by atoms with E-state index in [-0.39, 0.29) is 29.4 Å². The predicted octanol–water partition coefficient (Wildman–Crippen LogP) is 3.75. The molecule has 0 saturated carbocycles. The van der Waals surface area contributed by atoms with Gasteiger partial charge >= 0.3 is 0 Å². The average molecular weight is 457 g/mol. The summed E-state index contributed by atoms with van der Waals surface area (Å²) in [6, 6.07) is 15.7. The third-order valence-corrected chi connectivity index (χ3v) is 7.89. The molecule has 7 heteroatoms. The molecule has 1 aromatic heterocycles. The lowest BCUT2D eigenvalue weighted by molar-refractivity contribution is 0.0916. The molecule has 1 fully saturated rings. The van der Waals surface area contributed by atoms with E-state index in [1.165, 1.54) is 0 Å². The molecule has 1 saturated heterocycles. The van der Waals surface area contributed by atoms with Crippen LogP contribution in [0.15, 0.2) is 48.5 Å². The van der Waals surface area contributed by atoms with Gasteiger partial charge in [-0.05, 0) is 41.5 Å². The predicted molar refractivity (Wildman–Crippen MR) is 127 cm³/mol. The molecule has 0 aliphatic carbocycles. The van der Waals surface area contributed by atoms with E-state index in [1.54, 1.807) is 0 Å². The summed E-state index contributed by atoms with van der Waals surface area (Å²) in [7, 11) is -2.94. The van der Waals surface area contributed by atoms with Crippen LogP contribution < -0.4 is 4.74 Å². The molecule has 1 aliphatic heterocycles. The summed E-state index contributed by atoms with van der Waals surface area (Å²) in [5.74, 6) is 2.14. The van der Waals surface area contributed by atoms with Crippen molar-refractivity contribution in [1.82, 2.24) is 9.55 Å². The molecule has 0 radical (unpaired) electrons. The lowest BCUT2D eigenvalue weighted by atomic mass is 9.86. The number of para-hydroxylation sites is 3. The van der Waals surface area contributed by atoms with E-state index in [0.717, 1.165) is 28.2 Å². The van der Waals surface area contributed by atoms with E-state index in [0.29, 0.717) is 19.4 Å². The maximum atomic E-state index is 11.9. The molecule has 2 unspecified atom stereocenters. The Morgan fingerprint density at radius 3 is 2.59 bits per heavy atom. The van der Waals surface area contributed by atoms with Gasteiger partial charge in [-0.15, -0.1) is 0 Å². The van der Waals surface area contributed by atoms with Gasteiger partial charge in [0, 0.05) is 6.42 Å². The maximum absolute atomic E-state index is 11.9. The van der Waals surface area contributed by atoms with Crippen LogP contribution >= 0.6 is 0 Å². The molecular formula is C25H32N2O4S. The number of fused-ring (bicyclic) bond motifs is 1. The number of ether oxygens (including phenoxy) is 1. The molecular weight excluding hydrogens is 424 g/mol. The van der Waals surface area contributed by atoms with Gasteiger partial charge in [0.25, 0.3) is 0 Å². The highest BCUT2D eigenvalue weighted by Gasteiger charge is 2.29. The summed E-state index contributed by atoms with van der Waals surface area (Å²) < 4.78 is 31.8. The second-order valence-electron chi connectivity index (χ2n) is 9.81. The highest BCUT2D eigenvalue weighted by molar-refractivity contribution is 7.91. The van der Waals surface area contributed by atoms with Crippen LogP contribution in [0.25, 0.3) is 11.0 Å². The summed E-state index contributed by atoms with van der Waals surface area (Å²) in [4.78, 5) is 4.76. The van der Waals surface area contributed by atoms with Gasteiger partial charge in [-0.2, -0.15) is 0 Å². The van der Waals surface area contributed by atoms with Gasteiger partial charge in [-0.25, -0.2) is 13.4 Å². The smallest absolute Gasteiger partial charge is 0.150 e. The fourth-order valence-electron chi connectivity index (χ4n) is 4.44. The fraction of sp³-hybridized carbons (Fsp3) is 0.480. The van der Waals surface area contributed by atoms with Crippen molar-refractivity contribution < 1.29 is 18.3 Å². The zero-order chi connectivity index (χ0) is 22.9. The Hall–Kier alpha value is -2.38. The summed E-state index contributed by atoms with van der Waals surface area (Å²) >= 11 is 0. The second kappa shape index (κ2) is 8.87. The topological polar surface area (TPSA) is 81.4 Å².